The summed E-state index contributed by atoms with van der Waals surface area (Å²) in [5, 5.41) is 0. The number of hydrogen-bond acceptors (Lipinski definition) is 3. The zero-order valence-corrected chi connectivity index (χ0v) is 21.0. The summed E-state index contributed by atoms with van der Waals surface area (Å²) in [7, 11) is 6.47. The minimum atomic E-state index is 0.0146. The third-order valence-corrected chi connectivity index (χ3v) is 5.59. The predicted octanol–water partition coefficient (Wildman–Crippen LogP) is 6.68. The summed E-state index contributed by atoms with van der Waals surface area (Å²) in [5.41, 5.74) is 2.58. The van der Waals surface area contributed by atoms with Gasteiger partial charge in [0.25, 0.3) is 0 Å². The standard InChI is InChI=1S/C28H46N2O/c1-8-28(4,19-11-13-25(2)3)20-18-26-14-16-27(17-15-26)31-24-10-9-22-30(7)23-12-21-29(5)6/h8,13-18,20H,1,9-12,19,21-24H2,2-7H3/b20-18+/t28-/m1/s1. The first-order valence-corrected chi connectivity index (χ1v) is 11.8. The number of rotatable bonds is 16. The molecule has 0 bridgehead atoms. The molecule has 0 aliphatic heterocycles. The summed E-state index contributed by atoms with van der Waals surface area (Å²) in [4.78, 5) is 4.66. The van der Waals surface area contributed by atoms with Gasteiger partial charge >= 0.3 is 0 Å². The lowest BCUT2D eigenvalue weighted by Crippen LogP contribution is -2.24. The van der Waals surface area contributed by atoms with Crippen molar-refractivity contribution in [3.8, 4) is 5.75 Å². The van der Waals surface area contributed by atoms with Crippen LogP contribution in [-0.4, -0.2) is 57.2 Å². The summed E-state index contributed by atoms with van der Waals surface area (Å²) in [6, 6.07) is 8.40. The number of hydrogen-bond donors (Lipinski definition) is 0. The van der Waals surface area contributed by atoms with Crippen LogP contribution in [0.1, 0.15) is 58.4 Å². The highest BCUT2D eigenvalue weighted by Crippen LogP contribution is 2.28. The minimum absolute atomic E-state index is 0.0146. The maximum Gasteiger partial charge on any atom is 0.119 e. The van der Waals surface area contributed by atoms with Crippen LogP contribution in [-0.2, 0) is 0 Å². The van der Waals surface area contributed by atoms with E-state index in [0.29, 0.717) is 0 Å². The van der Waals surface area contributed by atoms with Crippen LogP contribution in [0.2, 0.25) is 0 Å². The molecular formula is C28H46N2O. The van der Waals surface area contributed by atoms with Crippen LogP contribution in [0.25, 0.3) is 6.08 Å². The number of nitrogens with zero attached hydrogens (tertiary/aromatic N) is 2. The average Bonchev–Trinajstić information content (AvgIpc) is 2.72. The zero-order valence-electron chi connectivity index (χ0n) is 21.0. The molecule has 0 aliphatic carbocycles. The van der Waals surface area contributed by atoms with Gasteiger partial charge in [-0.2, -0.15) is 0 Å². The Morgan fingerprint density at radius 2 is 1.68 bits per heavy atom. The Bertz CT molecular complexity index is 671. The highest BCUT2D eigenvalue weighted by molar-refractivity contribution is 5.52. The Morgan fingerprint density at radius 1 is 1.00 bits per heavy atom. The van der Waals surface area contributed by atoms with Crippen LogP contribution >= 0.6 is 0 Å². The Hall–Kier alpha value is -1.84. The fourth-order valence-corrected chi connectivity index (χ4v) is 3.33. The number of benzene rings is 1. The third kappa shape index (κ3) is 13.2. The maximum atomic E-state index is 5.93. The topological polar surface area (TPSA) is 15.7 Å². The normalized spacial score (nSPS) is 13.5. The molecule has 0 unspecified atom stereocenters. The Morgan fingerprint density at radius 3 is 2.29 bits per heavy atom. The summed E-state index contributed by atoms with van der Waals surface area (Å²) in [6.07, 6.45) is 14.4. The predicted molar refractivity (Wildman–Crippen MR) is 138 cm³/mol. The van der Waals surface area contributed by atoms with Crippen molar-refractivity contribution in [2.45, 2.75) is 52.9 Å². The fourth-order valence-electron chi connectivity index (χ4n) is 3.33. The van der Waals surface area contributed by atoms with E-state index in [1.165, 1.54) is 24.0 Å². The molecule has 1 atom stereocenters. The highest BCUT2D eigenvalue weighted by atomic mass is 16.5. The monoisotopic (exact) mass is 426 g/mol. The Kier molecular flexibility index (Phi) is 13.2. The SMILES string of the molecule is C=C[C@@](C)(/C=C/c1ccc(OCCCCN(C)CCCN(C)C)cc1)CCC=C(C)C. The van der Waals surface area contributed by atoms with Crippen molar-refractivity contribution < 1.29 is 4.74 Å². The van der Waals surface area contributed by atoms with Gasteiger partial charge < -0.3 is 14.5 Å². The smallest absolute Gasteiger partial charge is 0.119 e. The molecular weight excluding hydrogens is 380 g/mol. The first-order valence-electron chi connectivity index (χ1n) is 11.8. The molecule has 3 heteroatoms. The van der Waals surface area contributed by atoms with Crippen molar-refractivity contribution in [3.63, 3.8) is 0 Å². The highest BCUT2D eigenvalue weighted by Gasteiger charge is 2.15. The van der Waals surface area contributed by atoms with Crippen molar-refractivity contribution in [2.75, 3.05) is 47.4 Å². The molecule has 0 radical (unpaired) electrons. The second kappa shape index (κ2) is 15.0. The van der Waals surface area contributed by atoms with Crippen LogP contribution in [0.15, 0.2) is 54.6 Å². The third-order valence-electron chi connectivity index (χ3n) is 5.59. The number of allylic oxidation sites excluding steroid dienone is 4. The van der Waals surface area contributed by atoms with E-state index < -0.39 is 0 Å². The molecule has 0 fully saturated rings. The van der Waals surface area contributed by atoms with Gasteiger partial charge in [-0.15, -0.1) is 6.58 Å². The zero-order chi connectivity index (χ0) is 23.1. The molecule has 0 aromatic heterocycles. The molecule has 0 N–H and O–H groups in total. The number of ether oxygens (including phenoxy) is 1. The first kappa shape index (κ1) is 27.2. The van der Waals surface area contributed by atoms with E-state index in [4.69, 9.17) is 4.74 Å². The van der Waals surface area contributed by atoms with Crippen LogP contribution in [0.4, 0.5) is 0 Å². The van der Waals surface area contributed by atoms with Gasteiger partial charge in [0.1, 0.15) is 5.75 Å². The van der Waals surface area contributed by atoms with E-state index >= 15 is 0 Å². The van der Waals surface area contributed by atoms with E-state index in [-0.39, 0.29) is 5.41 Å². The van der Waals surface area contributed by atoms with Gasteiger partial charge in [0.15, 0.2) is 0 Å². The molecule has 0 heterocycles. The molecule has 0 saturated heterocycles. The minimum Gasteiger partial charge on any atom is -0.494 e. The molecule has 0 amide bonds. The molecule has 0 saturated carbocycles. The van der Waals surface area contributed by atoms with E-state index in [1.54, 1.807) is 0 Å². The van der Waals surface area contributed by atoms with Gasteiger partial charge in [0.05, 0.1) is 6.61 Å². The van der Waals surface area contributed by atoms with Gasteiger partial charge in [-0.1, -0.05) is 48.9 Å². The summed E-state index contributed by atoms with van der Waals surface area (Å²) < 4.78 is 5.93. The van der Waals surface area contributed by atoms with Gasteiger partial charge in [-0.05, 0) is 104 Å². The molecule has 3 nitrogen and oxygen atoms in total. The molecule has 31 heavy (non-hydrogen) atoms. The number of unbranched alkanes of at least 4 members (excludes halogenated alkanes) is 1. The van der Waals surface area contributed by atoms with Gasteiger partial charge in [0.2, 0.25) is 0 Å². The van der Waals surface area contributed by atoms with Crippen molar-refractivity contribution in [3.05, 3.63) is 60.2 Å². The summed E-state index contributed by atoms with van der Waals surface area (Å²) in [5.74, 6) is 0.950. The fraction of sp³-hybridized carbons (Fsp3) is 0.571. The van der Waals surface area contributed by atoms with Crippen molar-refractivity contribution in [1.29, 1.82) is 0 Å². The molecule has 0 aliphatic rings. The van der Waals surface area contributed by atoms with Crippen LogP contribution in [0.5, 0.6) is 5.75 Å². The lowest BCUT2D eigenvalue weighted by molar-refractivity contribution is 0.269. The molecule has 1 aromatic rings. The van der Waals surface area contributed by atoms with Gasteiger partial charge in [-0.3, -0.25) is 0 Å². The Labute approximate surface area is 192 Å². The molecule has 1 aromatic carbocycles. The van der Waals surface area contributed by atoms with E-state index in [9.17, 15) is 0 Å². The largest absolute Gasteiger partial charge is 0.494 e. The first-order chi connectivity index (χ1) is 14.7. The quantitative estimate of drug-likeness (QED) is 0.216. The second-order valence-corrected chi connectivity index (χ2v) is 9.45. The van der Waals surface area contributed by atoms with Crippen molar-refractivity contribution in [2.24, 2.45) is 5.41 Å². The maximum absolute atomic E-state index is 5.93. The summed E-state index contributed by atoms with van der Waals surface area (Å²) >= 11 is 0. The van der Waals surface area contributed by atoms with Crippen molar-refractivity contribution >= 4 is 6.08 Å². The second-order valence-electron chi connectivity index (χ2n) is 9.45. The van der Waals surface area contributed by atoms with Crippen molar-refractivity contribution in [1.82, 2.24) is 9.80 Å². The van der Waals surface area contributed by atoms with Crippen LogP contribution in [0.3, 0.4) is 0 Å². The van der Waals surface area contributed by atoms with E-state index in [1.807, 2.05) is 0 Å². The van der Waals surface area contributed by atoms with E-state index in [2.05, 4.69) is 107 Å². The Balaban J connectivity index is 2.34. The summed E-state index contributed by atoms with van der Waals surface area (Å²) in [6.45, 7) is 14.8. The molecule has 1 rings (SSSR count). The lowest BCUT2D eigenvalue weighted by atomic mass is 9.84. The van der Waals surface area contributed by atoms with Crippen LogP contribution in [0, 0.1) is 5.41 Å². The molecule has 0 spiro atoms. The average molecular weight is 427 g/mol. The van der Waals surface area contributed by atoms with Gasteiger partial charge in [0, 0.05) is 5.41 Å². The van der Waals surface area contributed by atoms with Crippen LogP contribution < -0.4 is 4.74 Å². The lowest BCUT2D eigenvalue weighted by Gasteiger charge is -2.20. The van der Waals surface area contributed by atoms with E-state index in [0.717, 1.165) is 51.3 Å². The van der Waals surface area contributed by atoms with Gasteiger partial charge in [-0.25, -0.2) is 0 Å². The molecule has 174 valence electrons.